The Morgan fingerprint density at radius 1 is 1.13 bits per heavy atom. The Balaban J connectivity index is 1.33. The van der Waals surface area contributed by atoms with Gasteiger partial charge in [0.05, 0.1) is 13.5 Å². The number of nitrogens with one attached hydrogen (secondary N) is 1. The van der Waals surface area contributed by atoms with E-state index in [1.54, 1.807) is 38.4 Å². The molecular formula is C25H24N6O5S2. The van der Waals surface area contributed by atoms with Gasteiger partial charge >= 0.3 is 5.97 Å². The Hall–Kier alpha value is -3.84. The number of fused-ring (bicyclic) bond motifs is 1. The second-order valence-electron chi connectivity index (χ2n) is 8.50. The quantitative estimate of drug-likeness (QED) is 0.310. The van der Waals surface area contributed by atoms with Gasteiger partial charge in [0.1, 0.15) is 29.5 Å². The number of amides is 2. The summed E-state index contributed by atoms with van der Waals surface area (Å²) in [5.74, 6) is -0.144. The van der Waals surface area contributed by atoms with Crippen molar-refractivity contribution in [2.24, 2.45) is 7.05 Å². The fourth-order valence-electron chi connectivity index (χ4n) is 4.02. The van der Waals surface area contributed by atoms with Crippen LogP contribution in [0.2, 0.25) is 0 Å². The van der Waals surface area contributed by atoms with E-state index in [0.29, 0.717) is 21.6 Å². The molecule has 13 heteroatoms. The zero-order valence-corrected chi connectivity index (χ0v) is 22.2. The molecule has 1 N–H and O–H groups in total. The number of thioether (sulfide) groups is 2. The fraction of sp³-hybridized carbons (Fsp3) is 0.280. The maximum Gasteiger partial charge on any atom is 0.356 e. The van der Waals surface area contributed by atoms with Crippen LogP contribution < -0.4 is 10.1 Å². The first kappa shape index (κ1) is 25.8. The van der Waals surface area contributed by atoms with E-state index >= 15 is 0 Å². The first-order chi connectivity index (χ1) is 18.4. The van der Waals surface area contributed by atoms with Crippen LogP contribution in [0.4, 0.5) is 0 Å². The van der Waals surface area contributed by atoms with Crippen LogP contribution in [0.3, 0.4) is 0 Å². The number of aromatic nitrogens is 4. The van der Waals surface area contributed by atoms with Crippen LogP contribution in [0.5, 0.6) is 5.75 Å². The van der Waals surface area contributed by atoms with Crippen LogP contribution in [0.1, 0.15) is 11.1 Å². The summed E-state index contributed by atoms with van der Waals surface area (Å²) in [7, 11) is 3.27. The van der Waals surface area contributed by atoms with Crippen molar-refractivity contribution in [1.29, 1.82) is 0 Å². The third-order valence-electron chi connectivity index (χ3n) is 5.98. The van der Waals surface area contributed by atoms with Gasteiger partial charge in [-0.1, -0.05) is 42.5 Å². The molecule has 38 heavy (non-hydrogen) atoms. The predicted octanol–water partition coefficient (Wildman–Crippen LogP) is 1.91. The van der Waals surface area contributed by atoms with Gasteiger partial charge in [0.2, 0.25) is 11.1 Å². The third-order valence-corrected chi connectivity index (χ3v) is 8.55. The van der Waals surface area contributed by atoms with Crippen molar-refractivity contribution in [3.05, 3.63) is 76.3 Å². The Kier molecular flexibility index (Phi) is 7.65. The number of tetrazole rings is 1. The van der Waals surface area contributed by atoms with E-state index in [-0.39, 0.29) is 30.5 Å². The second kappa shape index (κ2) is 11.3. The van der Waals surface area contributed by atoms with Crippen molar-refractivity contribution in [2.75, 3.05) is 12.9 Å². The van der Waals surface area contributed by atoms with E-state index in [4.69, 9.17) is 9.47 Å². The van der Waals surface area contributed by atoms with E-state index in [9.17, 15) is 14.4 Å². The standard InChI is InChI=1S/C25H24N6O5S2/c1-30-25(27-28-29-30)38-18-14-37-23-20(26-19(32)12-15-6-4-3-5-7-15)22(33)31(23)21(18)24(34)36-13-16-8-10-17(35-2)11-9-16/h3-11,20,23H,12-14H2,1-2H3,(H,26,32)/t20-,23-/m1/s1. The van der Waals surface area contributed by atoms with Crippen LogP contribution in [0, 0.1) is 0 Å². The lowest BCUT2D eigenvalue weighted by Gasteiger charge is -2.49. The first-order valence-corrected chi connectivity index (χ1v) is 13.5. The number of carbonyl (C=O) groups is 3. The largest absolute Gasteiger partial charge is 0.497 e. The average molecular weight is 553 g/mol. The van der Waals surface area contributed by atoms with Gasteiger partial charge < -0.3 is 14.8 Å². The minimum Gasteiger partial charge on any atom is -0.497 e. The second-order valence-corrected chi connectivity index (χ2v) is 10.7. The lowest BCUT2D eigenvalue weighted by atomic mass is 10.0. The van der Waals surface area contributed by atoms with Gasteiger partial charge in [0.25, 0.3) is 5.91 Å². The molecular weight excluding hydrogens is 528 g/mol. The number of methoxy groups -OCH3 is 1. The highest BCUT2D eigenvalue weighted by molar-refractivity contribution is 8.06. The van der Waals surface area contributed by atoms with Crippen molar-refractivity contribution in [1.82, 2.24) is 30.4 Å². The van der Waals surface area contributed by atoms with Crippen molar-refractivity contribution >= 4 is 41.3 Å². The van der Waals surface area contributed by atoms with Gasteiger partial charge in [-0.25, -0.2) is 9.48 Å². The van der Waals surface area contributed by atoms with Gasteiger partial charge in [0, 0.05) is 17.7 Å². The van der Waals surface area contributed by atoms with E-state index in [1.165, 1.54) is 33.1 Å². The van der Waals surface area contributed by atoms with Crippen molar-refractivity contribution in [3.8, 4) is 5.75 Å². The number of benzene rings is 2. The summed E-state index contributed by atoms with van der Waals surface area (Å²) in [6.07, 6.45) is 0.162. The summed E-state index contributed by atoms with van der Waals surface area (Å²) in [5, 5.41) is 14.3. The minimum atomic E-state index is -0.733. The molecule has 3 aromatic rings. The molecule has 0 radical (unpaired) electrons. The highest BCUT2D eigenvalue weighted by Gasteiger charge is 2.54. The van der Waals surface area contributed by atoms with E-state index in [0.717, 1.165) is 11.1 Å². The van der Waals surface area contributed by atoms with Gasteiger partial charge in [-0.3, -0.25) is 14.5 Å². The third kappa shape index (κ3) is 5.38. The van der Waals surface area contributed by atoms with Gasteiger partial charge in [-0.15, -0.1) is 16.9 Å². The maximum atomic E-state index is 13.4. The van der Waals surface area contributed by atoms with Crippen LogP contribution in [0.25, 0.3) is 0 Å². The number of rotatable bonds is 9. The molecule has 196 valence electrons. The minimum absolute atomic E-state index is 0.0207. The summed E-state index contributed by atoms with van der Waals surface area (Å²) in [6.45, 7) is 0.0207. The molecule has 2 amide bonds. The van der Waals surface area contributed by atoms with Crippen molar-refractivity contribution < 1.29 is 23.9 Å². The number of ether oxygens (including phenoxy) is 2. The zero-order valence-electron chi connectivity index (χ0n) is 20.6. The lowest BCUT2D eigenvalue weighted by molar-refractivity contribution is -0.153. The molecule has 0 aliphatic carbocycles. The molecule has 2 atom stereocenters. The number of esters is 1. The summed E-state index contributed by atoms with van der Waals surface area (Å²) in [6, 6.07) is 15.7. The Morgan fingerprint density at radius 2 is 1.89 bits per heavy atom. The van der Waals surface area contributed by atoms with E-state index < -0.39 is 17.4 Å². The molecule has 0 unspecified atom stereocenters. The van der Waals surface area contributed by atoms with E-state index in [1.807, 2.05) is 30.3 Å². The lowest BCUT2D eigenvalue weighted by Crippen LogP contribution is -2.70. The molecule has 0 spiro atoms. The molecule has 11 nitrogen and oxygen atoms in total. The Morgan fingerprint density at radius 3 is 2.58 bits per heavy atom. The van der Waals surface area contributed by atoms with Crippen LogP contribution >= 0.6 is 23.5 Å². The van der Waals surface area contributed by atoms with Gasteiger partial charge in [-0.05, 0) is 45.4 Å². The summed E-state index contributed by atoms with van der Waals surface area (Å²) >= 11 is 2.67. The zero-order chi connectivity index (χ0) is 26.6. The van der Waals surface area contributed by atoms with Crippen molar-refractivity contribution in [3.63, 3.8) is 0 Å². The fourth-order valence-corrected chi connectivity index (χ4v) is 6.40. The molecule has 2 aromatic carbocycles. The molecule has 0 bridgehead atoms. The highest BCUT2D eigenvalue weighted by atomic mass is 32.2. The molecule has 0 saturated carbocycles. The van der Waals surface area contributed by atoms with Crippen molar-refractivity contribution in [2.45, 2.75) is 29.6 Å². The summed E-state index contributed by atoms with van der Waals surface area (Å²) in [5.41, 5.74) is 1.77. The van der Waals surface area contributed by atoms with E-state index in [2.05, 4.69) is 20.8 Å². The molecule has 1 saturated heterocycles. The molecule has 2 aliphatic rings. The SMILES string of the molecule is COc1ccc(COC(=O)C2=C(Sc3nnnn3C)CS[C@@H]3[C@H](NC(=O)Cc4ccccc4)C(=O)N23)cc1. The number of β-lactam (4-membered cyclic amide) rings is 1. The monoisotopic (exact) mass is 552 g/mol. The molecule has 5 rings (SSSR count). The van der Waals surface area contributed by atoms with Crippen LogP contribution in [-0.4, -0.2) is 67.2 Å². The number of carbonyl (C=O) groups excluding carboxylic acids is 3. The average Bonchev–Trinajstić information content (AvgIpc) is 3.34. The van der Waals surface area contributed by atoms with Gasteiger partial charge in [-0.2, -0.15) is 0 Å². The maximum absolute atomic E-state index is 13.4. The Labute approximate surface area is 226 Å². The molecule has 2 aliphatic heterocycles. The Bertz CT molecular complexity index is 1380. The number of aryl methyl sites for hydroxylation is 1. The normalized spacial score (nSPS) is 18.5. The number of hydrogen-bond acceptors (Lipinski definition) is 10. The highest BCUT2D eigenvalue weighted by Crippen LogP contribution is 2.45. The first-order valence-electron chi connectivity index (χ1n) is 11.7. The number of nitrogens with zero attached hydrogens (tertiary/aromatic N) is 5. The van der Waals surface area contributed by atoms with Gasteiger partial charge in [0.15, 0.2) is 0 Å². The molecule has 3 heterocycles. The summed E-state index contributed by atoms with van der Waals surface area (Å²) in [4.78, 5) is 41.2. The topological polar surface area (TPSA) is 129 Å². The van der Waals surface area contributed by atoms with Crippen LogP contribution in [0.15, 0.2) is 70.4 Å². The number of hydrogen-bond donors (Lipinski definition) is 1. The van der Waals surface area contributed by atoms with Crippen LogP contribution in [-0.2, 0) is 39.2 Å². The molecule has 1 fully saturated rings. The predicted molar refractivity (Wildman–Crippen MR) is 140 cm³/mol. The summed E-state index contributed by atoms with van der Waals surface area (Å²) < 4.78 is 12.3. The molecule has 1 aromatic heterocycles. The smallest absolute Gasteiger partial charge is 0.356 e.